The van der Waals surface area contributed by atoms with Crippen molar-refractivity contribution in [3.63, 3.8) is 0 Å². The molecule has 3 heteroatoms. The van der Waals surface area contributed by atoms with Crippen molar-refractivity contribution in [3.8, 4) is 0 Å². The second-order valence-corrected chi connectivity index (χ2v) is 5.59. The van der Waals surface area contributed by atoms with Crippen LogP contribution in [0.2, 0.25) is 0 Å². The number of aliphatic hydroxyl groups is 1. The van der Waals surface area contributed by atoms with Crippen LogP contribution in [0.3, 0.4) is 0 Å². The van der Waals surface area contributed by atoms with E-state index in [2.05, 4.69) is 28.8 Å². The summed E-state index contributed by atoms with van der Waals surface area (Å²) in [6, 6.07) is 2.75. The maximum absolute atomic E-state index is 10.0. The van der Waals surface area contributed by atoms with E-state index in [1.165, 1.54) is 30.6 Å². The molecule has 0 amide bonds. The minimum Gasteiger partial charge on any atom is -0.388 e. The molecule has 17 heavy (non-hydrogen) atoms. The molecule has 2 atom stereocenters. The summed E-state index contributed by atoms with van der Waals surface area (Å²) in [5.41, 5.74) is 2.58. The number of aromatic nitrogens is 1. The van der Waals surface area contributed by atoms with Gasteiger partial charge in [-0.15, -0.1) is 0 Å². The highest BCUT2D eigenvalue weighted by Crippen LogP contribution is 2.33. The van der Waals surface area contributed by atoms with Crippen molar-refractivity contribution in [2.45, 2.75) is 44.2 Å². The fourth-order valence-electron chi connectivity index (χ4n) is 3.40. The molecule has 2 unspecified atom stereocenters. The van der Waals surface area contributed by atoms with E-state index in [0.29, 0.717) is 6.04 Å². The summed E-state index contributed by atoms with van der Waals surface area (Å²) in [6.07, 6.45) is 7.74. The van der Waals surface area contributed by atoms with Gasteiger partial charge in [0.25, 0.3) is 0 Å². The third-order valence-corrected chi connectivity index (χ3v) is 4.30. The first kappa shape index (κ1) is 11.3. The van der Waals surface area contributed by atoms with Crippen LogP contribution in [0.1, 0.15) is 49.1 Å². The summed E-state index contributed by atoms with van der Waals surface area (Å²) >= 11 is 0. The standard InChI is InChI=1S/C14H22N2O/c1-15-8-3-4-11(10-15)16-9-7-12-13(16)5-2-6-14(12)17/h7,9,11,14,17H,2-6,8,10H2,1H3. The Morgan fingerprint density at radius 1 is 1.29 bits per heavy atom. The molecule has 0 aromatic carbocycles. The van der Waals surface area contributed by atoms with Gasteiger partial charge in [-0.25, -0.2) is 0 Å². The molecule has 0 radical (unpaired) electrons. The molecule has 1 aromatic heterocycles. The predicted octanol–water partition coefficient (Wildman–Crippen LogP) is 2.12. The zero-order valence-electron chi connectivity index (χ0n) is 10.6. The fourth-order valence-corrected chi connectivity index (χ4v) is 3.40. The molecule has 1 aliphatic carbocycles. The van der Waals surface area contributed by atoms with Gasteiger partial charge in [-0.3, -0.25) is 0 Å². The Labute approximate surface area is 103 Å². The molecule has 1 saturated heterocycles. The summed E-state index contributed by atoms with van der Waals surface area (Å²) in [7, 11) is 2.21. The van der Waals surface area contributed by atoms with Crippen LogP contribution in [-0.2, 0) is 6.42 Å². The Bertz CT molecular complexity index is 399. The third-order valence-electron chi connectivity index (χ3n) is 4.30. The maximum atomic E-state index is 10.0. The molecule has 2 heterocycles. The number of fused-ring (bicyclic) bond motifs is 1. The predicted molar refractivity (Wildman–Crippen MR) is 68.1 cm³/mol. The van der Waals surface area contributed by atoms with Gasteiger partial charge in [0.15, 0.2) is 0 Å². The Hall–Kier alpha value is -0.800. The fraction of sp³-hybridized carbons (Fsp3) is 0.714. The van der Waals surface area contributed by atoms with E-state index in [4.69, 9.17) is 0 Å². The van der Waals surface area contributed by atoms with Gasteiger partial charge < -0.3 is 14.6 Å². The molecule has 3 nitrogen and oxygen atoms in total. The number of hydrogen-bond donors (Lipinski definition) is 1. The average Bonchev–Trinajstić information content (AvgIpc) is 2.74. The normalized spacial score (nSPS) is 30.2. The molecule has 1 N–H and O–H groups in total. The highest BCUT2D eigenvalue weighted by molar-refractivity contribution is 5.28. The van der Waals surface area contributed by atoms with Crippen LogP contribution < -0.4 is 0 Å². The first-order valence-corrected chi connectivity index (χ1v) is 6.82. The van der Waals surface area contributed by atoms with Crippen LogP contribution in [0.4, 0.5) is 0 Å². The van der Waals surface area contributed by atoms with Crippen molar-refractivity contribution < 1.29 is 5.11 Å². The van der Waals surface area contributed by atoms with E-state index in [0.717, 1.165) is 25.8 Å². The lowest BCUT2D eigenvalue weighted by atomic mass is 9.94. The monoisotopic (exact) mass is 234 g/mol. The van der Waals surface area contributed by atoms with E-state index in [1.54, 1.807) is 0 Å². The van der Waals surface area contributed by atoms with Gasteiger partial charge in [0.2, 0.25) is 0 Å². The Balaban J connectivity index is 1.88. The second kappa shape index (κ2) is 4.46. The van der Waals surface area contributed by atoms with E-state index in [1.807, 2.05) is 0 Å². The summed E-state index contributed by atoms with van der Waals surface area (Å²) in [4.78, 5) is 2.42. The van der Waals surface area contributed by atoms with Gasteiger partial charge in [-0.05, 0) is 51.8 Å². The summed E-state index contributed by atoms with van der Waals surface area (Å²) in [5, 5.41) is 10.0. The van der Waals surface area contributed by atoms with Crippen molar-refractivity contribution in [3.05, 3.63) is 23.5 Å². The van der Waals surface area contributed by atoms with Crippen LogP contribution in [0.5, 0.6) is 0 Å². The number of likely N-dealkylation sites (N-methyl/N-ethyl adjacent to an activating group) is 1. The molecule has 1 aliphatic heterocycles. The van der Waals surface area contributed by atoms with Crippen molar-refractivity contribution >= 4 is 0 Å². The zero-order valence-corrected chi connectivity index (χ0v) is 10.6. The van der Waals surface area contributed by atoms with Crippen LogP contribution in [0, 0.1) is 0 Å². The second-order valence-electron chi connectivity index (χ2n) is 5.59. The zero-order chi connectivity index (χ0) is 11.8. The van der Waals surface area contributed by atoms with Crippen LogP contribution in [0.15, 0.2) is 12.3 Å². The molecule has 94 valence electrons. The number of aliphatic hydroxyl groups excluding tert-OH is 1. The lowest BCUT2D eigenvalue weighted by Crippen LogP contribution is -2.34. The summed E-state index contributed by atoms with van der Waals surface area (Å²) in [5.74, 6) is 0. The summed E-state index contributed by atoms with van der Waals surface area (Å²) in [6.45, 7) is 2.37. The van der Waals surface area contributed by atoms with Crippen LogP contribution in [0.25, 0.3) is 0 Å². The minimum atomic E-state index is -0.221. The van der Waals surface area contributed by atoms with Gasteiger partial charge in [-0.2, -0.15) is 0 Å². The minimum absolute atomic E-state index is 0.221. The van der Waals surface area contributed by atoms with Gasteiger partial charge in [-0.1, -0.05) is 0 Å². The number of piperidine rings is 1. The van der Waals surface area contributed by atoms with Gasteiger partial charge in [0, 0.05) is 30.0 Å². The SMILES string of the molecule is CN1CCCC(n2ccc3c2CCCC3O)C1. The van der Waals surface area contributed by atoms with Crippen molar-refractivity contribution in [2.75, 3.05) is 20.1 Å². The smallest absolute Gasteiger partial charge is 0.0807 e. The van der Waals surface area contributed by atoms with E-state index >= 15 is 0 Å². The quantitative estimate of drug-likeness (QED) is 0.806. The molecule has 2 aliphatic rings. The number of nitrogens with zero attached hydrogens (tertiary/aromatic N) is 2. The maximum Gasteiger partial charge on any atom is 0.0807 e. The first-order valence-electron chi connectivity index (χ1n) is 6.82. The van der Waals surface area contributed by atoms with Crippen molar-refractivity contribution in [1.82, 2.24) is 9.47 Å². The number of likely N-dealkylation sites (tertiary alicyclic amines) is 1. The van der Waals surface area contributed by atoms with Crippen molar-refractivity contribution in [1.29, 1.82) is 0 Å². The first-order chi connectivity index (χ1) is 8.25. The van der Waals surface area contributed by atoms with Gasteiger partial charge in [0.1, 0.15) is 0 Å². The van der Waals surface area contributed by atoms with Crippen LogP contribution in [-0.4, -0.2) is 34.7 Å². The van der Waals surface area contributed by atoms with Gasteiger partial charge in [0.05, 0.1) is 6.10 Å². The topological polar surface area (TPSA) is 28.4 Å². The lowest BCUT2D eigenvalue weighted by Gasteiger charge is -2.33. The molecule has 0 spiro atoms. The molecular formula is C14H22N2O. The highest BCUT2D eigenvalue weighted by Gasteiger charge is 2.26. The molecule has 3 rings (SSSR count). The van der Waals surface area contributed by atoms with Crippen molar-refractivity contribution in [2.24, 2.45) is 0 Å². The Kier molecular flexibility index (Phi) is 2.97. The lowest BCUT2D eigenvalue weighted by molar-refractivity contribution is 0.153. The molecular weight excluding hydrogens is 212 g/mol. The molecule has 0 bridgehead atoms. The van der Waals surface area contributed by atoms with Crippen LogP contribution >= 0.6 is 0 Å². The van der Waals surface area contributed by atoms with E-state index in [-0.39, 0.29) is 6.10 Å². The Morgan fingerprint density at radius 3 is 3.00 bits per heavy atom. The van der Waals surface area contributed by atoms with E-state index < -0.39 is 0 Å². The molecule has 1 aromatic rings. The highest BCUT2D eigenvalue weighted by atomic mass is 16.3. The molecule has 1 fully saturated rings. The Morgan fingerprint density at radius 2 is 2.18 bits per heavy atom. The van der Waals surface area contributed by atoms with Gasteiger partial charge >= 0.3 is 0 Å². The molecule has 0 saturated carbocycles. The number of hydrogen-bond acceptors (Lipinski definition) is 2. The van der Waals surface area contributed by atoms with E-state index in [9.17, 15) is 5.11 Å². The summed E-state index contributed by atoms with van der Waals surface area (Å²) < 4.78 is 2.44. The number of rotatable bonds is 1. The third kappa shape index (κ3) is 2.02. The average molecular weight is 234 g/mol. The largest absolute Gasteiger partial charge is 0.388 e.